The number of carbonyl (C=O) groups excluding carboxylic acids is 2. The van der Waals surface area contributed by atoms with Gasteiger partial charge in [-0.2, -0.15) is 21.6 Å². The molecule has 30 heavy (non-hydrogen) atoms. The second kappa shape index (κ2) is 9.82. The van der Waals surface area contributed by atoms with Crippen LogP contribution in [0.2, 0.25) is 0 Å². The summed E-state index contributed by atoms with van der Waals surface area (Å²) < 4.78 is 79.1. The van der Waals surface area contributed by atoms with Gasteiger partial charge in [-0.1, -0.05) is 37.2 Å². The van der Waals surface area contributed by atoms with Crippen LogP contribution in [-0.4, -0.2) is 50.8 Å². The fraction of sp³-hybridized carbons (Fsp3) is 0.556. The van der Waals surface area contributed by atoms with Gasteiger partial charge in [0, 0.05) is 0 Å². The number of rotatable bonds is 7. The Bertz CT molecular complexity index is 880. The molecule has 2 radical (unpaired) electrons. The van der Waals surface area contributed by atoms with E-state index in [4.69, 9.17) is 17.1 Å². The first-order valence-corrected chi connectivity index (χ1v) is 10.8. The Kier molecular flexibility index (Phi) is 7.92. The highest BCUT2D eigenvalue weighted by atomic mass is 32.2. The van der Waals surface area contributed by atoms with Crippen LogP contribution in [0.1, 0.15) is 48.0 Å². The van der Waals surface area contributed by atoms with Gasteiger partial charge in [0.1, 0.15) is 17.1 Å². The zero-order chi connectivity index (χ0) is 22.5. The molecule has 1 aromatic rings. The number of hydrogen-bond donors (Lipinski definition) is 1. The summed E-state index contributed by atoms with van der Waals surface area (Å²) >= 11 is 0. The lowest BCUT2D eigenvalue weighted by Gasteiger charge is -2.22. The minimum Gasteiger partial charge on any atom is -0.448 e. The molecule has 2 rings (SSSR count). The van der Waals surface area contributed by atoms with Gasteiger partial charge in [0.2, 0.25) is 6.10 Å². The third-order valence-corrected chi connectivity index (χ3v) is 5.35. The highest BCUT2D eigenvalue weighted by Crippen LogP contribution is 2.30. The Balaban J connectivity index is 2.28. The number of esters is 2. The Morgan fingerprint density at radius 1 is 1.20 bits per heavy atom. The van der Waals surface area contributed by atoms with Gasteiger partial charge in [0.15, 0.2) is 0 Å². The van der Waals surface area contributed by atoms with E-state index in [2.05, 4.69) is 4.74 Å². The second-order valence-electron chi connectivity index (χ2n) is 6.97. The molecule has 1 aromatic carbocycles. The van der Waals surface area contributed by atoms with E-state index >= 15 is 0 Å². The van der Waals surface area contributed by atoms with Crippen LogP contribution >= 0.6 is 0 Å². The van der Waals surface area contributed by atoms with Crippen LogP contribution in [0.3, 0.4) is 0 Å². The highest BCUT2D eigenvalue weighted by Gasteiger charge is 2.46. The molecule has 1 fully saturated rings. The first-order chi connectivity index (χ1) is 13.9. The molecule has 1 N–H and O–H groups in total. The van der Waals surface area contributed by atoms with Crippen LogP contribution in [0, 0.1) is 5.92 Å². The van der Waals surface area contributed by atoms with Crippen molar-refractivity contribution in [3.05, 3.63) is 29.3 Å². The fourth-order valence-corrected chi connectivity index (χ4v) is 3.70. The predicted molar refractivity (Wildman–Crippen MR) is 99.8 cm³/mol. The Morgan fingerprint density at radius 2 is 1.83 bits per heavy atom. The van der Waals surface area contributed by atoms with Crippen molar-refractivity contribution < 1.29 is 45.2 Å². The molecule has 1 unspecified atom stereocenters. The summed E-state index contributed by atoms with van der Waals surface area (Å²) in [6.45, 7) is 0. The average Bonchev–Trinajstić information content (AvgIpc) is 2.66. The maximum atomic E-state index is 13.0. The molecule has 0 aromatic heterocycles. The molecule has 0 saturated heterocycles. The monoisotopic (exact) mass is 448 g/mol. The molecule has 1 aliphatic carbocycles. The molecular formula is C18H20BF3O7S. The lowest BCUT2D eigenvalue weighted by molar-refractivity contribution is -0.197. The molecule has 1 atom stereocenters. The van der Waals surface area contributed by atoms with Crippen molar-refractivity contribution >= 4 is 29.9 Å². The van der Waals surface area contributed by atoms with Gasteiger partial charge in [-0.25, -0.2) is 4.79 Å². The fourth-order valence-electron chi connectivity index (χ4n) is 3.06. The van der Waals surface area contributed by atoms with Gasteiger partial charge in [-0.15, -0.1) is 0 Å². The van der Waals surface area contributed by atoms with Gasteiger partial charge >= 0.3 is 18.1 Å². The van der Waals surface area contributed by atoms with Crippen LogP contribution in [0.4, 0.5) is 13.2 Å². The number of ether oxygens (including phenoxy) is 2. The minimum atomic E-state index is -5.25. The molecule has 0 bridgehead atoms. The first-order valence-electron chi connectivity index (χ1n) is 9.18. The molecule has 0 amide bonds. The summed E-state index contributed by atoms with van der Waals surface area (Å²) in [5.74, 6) is -4.77. The number of halogens is 3. The number of carbonyl (C=O) groups is 2. The molecule has 1 aliphatic rings. The third-order valence-electron chi connectivity index (χ3n) is 4.63. The Labute approximate surface area is 173 Å². The van der Waals surface area contributed by atoms with E-state index in [0.717, 1.165) is 25.3 Å². The molecule has 7 nitrogen and oxygen atoms in total. The smallest absolute Gasteiger partial charge is 0.426 e. The van der Waals surface area contributed by atoms with Crippen LogP contribution in [0.25, 0.3) is 0 Å². The summed E-state index contributed by atoms with van der Waals surface area (Å²) in [4.78, 5) is 24.8. The lowest BCUT2D eigenvalue weighted by Crippen LogP contribution is -2.39. The Morgan fingerprint density at radius 3 is 2.37 bits per heavy atom. The van der Waals surface area contributed by atoms with Gasteiger partial charge in [0.25, 0.3) is 10.1 Å². The van der Waals surface area contributed by atoms with Gasteiger partial charge in [-0.05, 0) is 25.0 Å². The number of alkyl halides is 3. The standard InChI is InChI=1S/C18H20BF3O7S/c19-9-11-6-7-13(14(8-11)28-16(23)12-4-2-1-3-5-12)17(24)29-15(18(20,21)22)10-30(25,26)27/h6-8,12,15H,1-5,9-10H2,(H,25,26,27). The minimum absolute atomic E-state index is 0.0111. The quantitative estimate of drug-likeness (QED) is 0.296. The van der Waals surface area contributed by atoms with E-state index in [1.807, 2.05) is 0 Å². The summed E-state index contributed by atoms with van der Waals surface area (Å²) in [5.41, 5.74) is -0.0516. The first kappa shape index (κ1) is 24.2. The van der Waals surface area contributed by atoms with Crippen molar-refractivity contribution in [2.75, 3.05) is 5.75 Å². The molecule has 164 valence electrons. The second-order valence-corrected chi connectivity index (χ2v) is 8.47. The molecule has 1 saturated carbocycles. The average molecular weight is 448 g/mol. The van der Waals surface area contributed by atoms with Crippen molar-refractivity contribution in [1.82, 2.24) is 0 Å². The summed E-state index contributed by atoms with van der Waals surface area (Å²) in [6, 6.07) is 3.65. The topological polar surface area (TPSA) is 107 Å². The normalized spacial score (nSPS) is 16.7. The van der Waals surface area contributed by atoms with Crippen LogP contribution < -0.4 is 4.74 Å². The molecule has 0 heterocycles. The predicted octanol–water partition coefficient (Wildman–Crippen LogP) is 2.82. The maximum absolute atomic E-state index is 13.0. The van der Waals surface area contributed by atoms with E-state index < -0.39 is 51.6 Å². The van der Waals surface area contributed by atoms with Crippen LogP contribution in [0.15, 0.2) is 18.2 Å². The van der Waals surface area contributed by atoms with Crippen molar-refractivity contribution in [2.24, 2.45) is 5.92 Å². The summed E-state index contributed by atoms with van der Waals surface area (Å²) in [6.07, 6.45) is -4.49. The molecular weight excluding hydrogens is 428 g/mol. The zero-order valence-corrected chi connectivity index (χ0v) is 16.7. The molecule has 12 heteroatoms. The highest BCUT2D eigenvalue weighted by molar-refractivity contribution is 7.85. The van der Waals surface area contributed by atoms with Gasteiger partial charge in [-0.3, -0.25) is 9.35 Å². The van der Waals surface area contributed by atoms with E-state index in [1.165, 1.54) is 12.1 Å². The molecule has 0 spiro atoms. The maximum Gasteiger partial charge on any atom is 0.426 e. The summed E-state index contributed by atoms with van der Waals surface area (Å²) in [7, 11) is 0.438. The van der Waals surface area contributed by atoms with E-state index in [9.17, 15) is 31.2 Å². The Hall–Kier alpha value is -2.08. The van der Waals surface area contributed by atoms with E-state index in [-0.39, 0.29) is 12.1 Å². The van der Waals surface area contributed by atoms with Crippen molar-refractivity contribution in [1.29, 1.82) is 0 Å². The van der Waals surface area contributed by atoms with Crippen LogP contribution in [0.5, 0.6) is 5.75 Å². The van der Waals surface area contributed by atoms with Crippen molar-refractivity contribution in [2.45, 2.75) is 50.7 Å². The zero-order valence-electron chi connectivity index (χ0n) is 15.9. The SMILES string of the molecule is [B]Cc1ccc(C(=O)OC(CS(=O)(=O)O)C(F)(F)F)c(OC(=O)C2CCCCC2)c1. The lowest BCUT2D eigenvalue weighted by atomic mass is 9.89. The van der Waals surface area contributed by atoms with Gasteiger partial charge in [0.05, 0.1) is 13.8 Å². The van der Waals surface area contributed by atoms with Gasteiger partial charge < -0.3 is 9.47 Å². The third kappa shape index (κ3) is 7.01. The van der Waals surface area contributed by atoms with E-state index in [0.29, 0.717) is 18.4 Å². The number of hydrogen-bond acceptors (Lipinski definition) is 6. The van der Waals surface area contributed by atoms with E-state index in [1.54, 1.807) is 0 Å². The van der Waals surface area contributed by atoms with Crippen molar-refractivity contribution in [3.8, 4) is 5.75 Å². The largest absolute Gasteiger partial charge is 0.448 e. The molecule has 0 aliphatic heterocycles. The summed E-state index contributed by atoms with van der Waals surface area (Å²) in [5, 5.41) is 0. The van der Waals surface area contributed by atoms with Crippen molar-refractivity contribution in [3.63, 3.8) is 0 Å². The number of benzene rings is 1. The van der Waals surface area contributed by atoms with Crippen LogP contribution in [-0.2, 0) is 26.0 Å².